The van der Waals surface area contributed by atoms with Crippen LogP contribution < -0.4 is 0 Å². The number of fused-ring (bicyclic) bond motifs is 1. The van der Waals surface area contributed by atoms with Crippen molar-refractivity contribution >= 4 is 11.8 Å². The molecular formula is C10H15NO3. The van der Waals surface area contributed by atoms with E-state index >= 15 is 0 Å². The maximum atomic E-state index is 11.7. The van der Waals surface area contributed by atoms with Gasteiger partial charge in [0, 0.05) is 0 Å². The van der Waals surface area contributed by atoms with Gasteiger partial charge in [0.05, 0.1) is 24.5 Å². The van der Waals surface area contributed by atoms with E-state index in [4.69, 9.17) is 5.11 Å². The van der Waals surface area contributed by atoms with Gasteiger partial charge >= 0.3 is 0 Å². The number of imide groups is 1. The third-order valence-electron chi connectivity index (χ3n) is 3.34. The van der Waals surface area contributed by atoms with E-state index in [1.54, 1.807) is 6.92 Å². The van der Waals surface area contributed by atoms with Crippen molar-refractivity contribution in [2.75, 3.05) is 6.54 Å². The maximum Gasteiger partial charge on any atom is 0.233 e. The summed E-state index contributed by atoms with van der Waals surface area (Å²) in [6, 6.07) is 0. The molecule has 1 heterocycles. The highest BCUT2D eigenvalue weighted by Gasteiger charge is 2.72. The Morgan fingerprint density at radius 2 is 1.79 bits per heavy atom. The van der Waals surface area contributed by atoms with Crippen LogP contribution in [0, 0.1) is 17.3 Å². The first-order valence-electron chi connectivity index (χ1n) is 4.90. The zero-order chi connectivity index (χ0) is 10.7. The van der Waals surface area contributed by atoms with Crippen molar-refractivity contribution in [1.29, 1.82) is 0 Å². The van der Waals surface area contributed by atoms with E-state index in [0.717, 1.165) is 0 Å². The van der Waals surface area contributed by atoms with Gasteiger partial charge in [-0.05, 0) is 12.3 Å². The fraction of sp³-hybridized carbons (Fsp3) is 0.800. The van der Waals surface area contributed by atoms with Gasteiger partial charge in [-0.15, -0.1) is 0 Å². The Kier molecular flexibility index (Phi) is 1.77. The van der Waals surface area contributed by atoms with Crippen LogP contribution in [-0.2, 0) is 9.59 Å². The van der Waals surface area contributed by atoms with Crippen LogP contribution in [-0.4, -0.2) is 34.5 Å². The molecule has 2 unspecified atom stereocenters. The molecule has 0 spiro atoms. The van der Waals surface area contributed by atoms with E-state index in [-0.39, 0.29) is 35.6 Å². The molecule has 2 fully saturated rings. The average molecular weight is 197 g/mol. The fourth-order valence-corrected chi connectivity index (χ4v) is 2.45. The van der Waals surface area contributed by atoms with Crippen molar-refractivity contribution < 1.29 is 14.7 Å². The predicted octanol–water partition coefficient (Wildman–Crippen LogP) is 0.00820. The van der Waals surface area contributed by atoms with E-state index in [0.29, 0.717) is 0 Å². The van der Waals surface area contributed by atoms with E-state index in [2.05, 4.69) is 0 Å². The summed E-state index contributed by atoms with van der Waals surface area (Å²) in [7, 11) is 0. The zero-order valence-corrected chi connectivity index (χ0v) is 8.65. The number of carbonyl (C=O) groups excluding carboxylic acids is 2. The molecule has 2 rings (SSSR count). The number of likely N-dealkylation sites (tertiary alicyclic amines) is 1. The number of hydrogen-bond acceptors (Lipinski definition) is 3. The lowest BCUT2D eigenvalue weighted by molar-refractivity contribution is -0.144. The van der Waals surface area contributed by atoms with Crippen LogP contribution in [0.2, 0.25) is 0 Å². The molecule has 1 saturated heterocycles. The van der Waals surface area contributed by atoms with Gasteiger partial charge in [-0.1, -0.05) is 13.8 Å². The van der Waals surface area contributed by atoms with Crippen molar-refractivity contribution in [2.24, 2.45) is 17.3 Å². The van der Waals surface area contributed by atoms with E-state index in [1.165, 1.54) is 4.90 Å². The number of carbonyl (C=O) groups is 2. The van der Waals surface area contributed by atoms with Crippen LogP contribution in [0.3, 0.4) is 0 Å². The van der Waals surface area contributed by atoms with Crippen molar-refractivity contribution in [3.63, 3.8) is 0 Å². The van der Waals surface area contributed by atoms with Gasteiger partial charge in [-0.2, -0.15) is 0 Å². The molecule has 2 aliphatic rings. The smallest absolute Gasteiger partial charge is 0.233 e. The van der Waals surface area contributed by atoms with E-state index < -0.39 is 6.10 Å². The molecule has 1 saturated carbocycles. The van der Waals surface area contributed by atoms with Gasteiger partial charge < -0.3 is 5.11 Å². The lowest BCUT2D eigenvalue weighted by Gasteiger charge is -2.21. The highest BCUT2D eigenvalue weighted by Crippen LogP contribution is 2.63. The summed E-state index contributed by atoms with van der Waals surface area (Å²) in [6.45, 7) is 5.60. The average Bonchev–Trinajstić information content (AvgIpc) is 2.51. The molecule has 78 valence electrons. The zero-order valence-electron chi connectivity index (χ0n) is 8.65. The molecule has 4 heteroatoms. The minimum Gasteiger partial charge on any atom is -0.392 e. The van der Waals surface area contributed by atoms with Gasteiger partial charge in [-0.25, -0.2) is 0 Å². The Labute approximate surface area is 82.9 Å². The lowest BCUT2D eigenvalue weighted by Crippen LogP contribution is -2.40. The van der Waals surface area contributed by atoms with Crippen LogP contribution in [0.4, 0.5) is 0 Å². The highest BCUT2D eigenvalue weighted by atomic mass is 16.3. The molecule has 1 aliphatic carbocycles. The van der Waals surface area contributed by atoms with Crippen LogP contribution >= 0.6 is 0 Å². The number of nitrogens with zero attached hydrogens (tertiary/aromatic N) is 1. The van der Waals surface area contributed by atoms with Gasteiger partial charge in [0.1, 0.15) is 0 Å². The molecule has 1 N–H and O–H groups in total. The summed E-state index contributed by atoms with van der Waals surface area (Å²) < 4.78 is 0. The minimum absolute atomic E-state index is 0.106. The standard InChI is InChI=1S/C10H15NO3/c1-5(12)4-11-8(13)6-7(9(11)14)10(6,2)3/h5-7,12H,4H2,1-3H3/t5-,6?,7?/m1/s1. The van der Waals surface area contributed by atoms with Crippen LogP contribution in [0.25, 0.3) is 0 Å². The molecule has 0 radical (unpaired) electrons. The third kappa shape index (κ3) is 1.03. The van der Waals surface area contributed by atoms with Crippen molar-refractivity contribution in [3.8, 4) is 0 Å². The molecule has 14 heavy (non-hydrogen) atoms. The molecule has 1 aliphatic heterocycles. The first-order valence-corrected chi connectivity index (χ1v) is 4.90. The molecule has 2 amide bonds. The molecule has 4 nitrogen and oxygen atoms in total. The molecule has 0 aromatic heterocycles. The summed E-state index contributed by atoms with van der Waals surface area (Å²) in [5.74, 6) is -0.473. The number of rotatable bonds is 2. The topological polar surface area (TPSA) is 57.6 Å². The Morgan fingerprint density at radius 1 is 1.36 bits per heavy atom. The van der Waals surface area contributed by atoms with Crippen molar-refractivity contribution in [2.45, 2.75) is 26.9 Å². The van der Waals surface area contributed by atoms with Crippen LogP contribution in [0.1, 0.15) is 20.8 Å². The molecule has 0 aromatic rings. The summed E-state index contributed by atoms with van der Waals surface area (Å²) in [5, 5.41) is 9.13. The third-order valence-corrected chi connectivity index (χ3v) is 3.34. The number of β-amino-alcohol motifs (C(OH)–C–C–N with tert-alkyl or cyclic N) is 1. The molecule has 0 aromatic carbocycles. The lowest BCUT2D eigenvalue weighted by atomic mass is 10.1. The van der Waals surface area contributed by atoms with E-state index in [9.17, 15) is 9.59 Å². The Bertz CT molecular complexity index is 284. The second-order valence-corrected chi connectivity index (χ2v) is 4.91. The normalized spacial score (nSPS) is 35.9. The number of aliphatic hydroxyl groups is 1. The molecule has 0 bridgehead atoms. The van der Waals surface area contributed by atoms with Crippen molar-refractivity contribution in [3.05, 3.63) is 0 Å². The van der Waals surface area contributed by atoms with Gasteiger partial charge in [0.15, 0.2) is 0 Å². The van der Waals surface area contributed by atoms with Gasteiger partial charge in [0.25, 0.3) is 0 Å². The van der Waals surface area contributed by atoms with Crippen molar-refractivity contribution in [1.82, 2.24) is 4.90 Å². The second kappa shape index (κ2) is 2.57. The Balaban J connectivity index is 2.14. The Hall–Kier alpha value is -0.900. The Morgan fingerprint density at radius 3 is 2.14 bits per heavy atom. The first kappa shape index (κ1) is 9.65. The molecular weight excluding hydrogens is 182 g/mol. The van der Waals surface area contributed by atoms with Gasteiger partial charge in [-0.3, -0.25) is 14.5 Å². The maximum absolute atomic E-state index is 11.7. The number of hydrogen-bond donors (Lipinski definition) is 1. The summed E-state index contributed by atoms with van der Waals surface area (Å²) in [5.41, 5.74) is -0.149. The predicted molar refractivity (Wildman–Crippen MR) is 49.2 cm³/mol. The quantitative estimate of drug-likeness (QED) is 0.634. The number of piperidine rings is 1. The van der Waals surface area contributed by atoms with Crippen LogP contribution in [0.15, 0.2) is 0 Å². The summed E-state index contributed by atoms with van der Waals surface area (Å²) in [6.07, 6.45) is -0.636. The van der Waals surface area contributed by atoms with Gasteiger partial charge in [0.2, 0.25) is 11.8 Å². The number of aliphatic hydroxyl groups excluding tert-OH is 1. The minimum atomic E-state index is -0.636. The number of amides is 2. The SMILES string of the molecule is C[C@@H](O)CN1C(=O)C2C(C1=O)C2(C)C. The highest BCUT2D eigenvalue weighted by molar-refractivity contribution is 6.10. The summed E-state index contributed by atoms with van der Waals surface area (Å²) >= 11 is 0. The second-order valence-electron chi connectivity index (χ2n) is 4.91. The summed E-state index contributed by atoms with van der Waals surface area (Å²) in [4.78, 5) is 24.6. The van der Waals surface area contributed by atoms with Crippen LogP contribution in [0.5, 0.6) is 0 Å². The largest absolute Gasteiger partial charge is 0.392 e. The monoisotopic (exact) mass is 197 g/mol. The molecule has 3 atom stereocenters. The fourth-order valence-electron chi connectivity index (χ4n) is 2.45. The first-order chi connectivity index (χ1) is 6.37. The van der Waals surface area contributed by atoms with E-state index in [1.807, 2.05) is 13.8 Å².